The van der Waals surface area contributed by atoms with Crippen molar-refractivity contribution in [1.82, 2.24) is 0 Å². The number of rotatable bonds is 2. The molecule has 1 aliphatic heterocycles. The highest BCUT2D eigenvalue weighted by Gasteiger charge is 2.22. The monoisotopic (exact) mass is 352 g/mol. The maximum Gasteiger partial charge on any atom is 0.128 e. The summed E-state index contributed by atoms with van der Waals surface area (Å²) >= 11 is 9.49. The first kappa shape index (κ1) is 13.9. The van der Waals surface area contributed by atoms with Crippen LogP contribution in [0.4, 0.5) is 0 Å². The van der Waals surface area contributed by atoms with Crippen molar-refractivity contribution in [2.45, 2.75) is 18.9 Å². The Labute approximate surface area is 131 Å². The highest BCUT2D eigenvalue weighted by molar-refractivity contribution is 9.10. The lowest BCUT2D eigenvalue weighted by atomic mass is 9.95. The van der Waals surface area contributed by atoms with Gasteiger partial charge in [0.15, 0.2) is 0 Å². The van der Waals surface area contributed by atoms with Crippen LogP contribution in [0.5, 0.6) is 5.75 Å². The summed E-state index contributed by atoms with van der Waals surface area (Å²) in [4.78, 5) is 0. The molecule has 20 heavy (non-hydrogen) atoms. The molecule has 1 aliphatic rings. The van der Waals surface area contributed by atoms with Gasteiger partial charge in [-0.15, -0.1) is 0 Å². The van der Waals surface area contributed by atoms with E-state index in [1.807, 2.05) is 18.2 Å². The van der Waals surface area contributed by atoms with Crippen LogP contribution in [0.25, 0.3) is 0 Å². The van der Waals surface area contributed by atoms with E-state index in [0.717, 1.165) is 39.8 Å². The first-order valence-electron chi connectivity index (χ1n) is 6.54. The SMILES string of the molecule is OC(c1cc(Cl)ccc1Br)c1cccc2c1OCCC2. The fourth-order valence-electron chi connectivity index (χ4n) is 2.52. The fraction of sp³-hybridized carbons (Fsp3) is 0.250. The molecule has 2 aromatic carbocycles. The summed E-state index contributed by atoms with van der Waals surface area (Å²) in [6.45, 7) is 0.702. The van der Waals surface area contributed by atoms with Crippen molar-refractivity contribution in [3.8, 4) is 5.75 Å². The van der Waals surface area contributed by atoms with Gasteiger partial charge in [-0.3, -0.25) is 0 Å². The van der Waals surface area contributed by atoms with E-state index >= 15 is 0 Å². The van der Waals surface area contributed by atoms with E-state index < -0.39 is 6.10 Å². The first-order chi connectivity index (χ1) is 9.66. The summed E-state index contributed by atoms with van der Waals surface area (Å²) in [6.07, 6.45) is 1.26. The van der Waals surface area contributed by atoms with Crippen LogP contribution in [-0.2, 0) is 6.42 Å². The second kappa shape index (κ2) is 5.76. The second-order valence-corrected chi connectivity index (χ2v) is 6.15. The zero-order valence-corrected chi connectivity index (χ0v) is 13.1. The predicted molar refractivity (Wildman–Crippen MR) is 83.5 cm³/mol. The minimum atomic E-state index is -0.754. The molecule has 1 unspecified atom stereocenters. The van der Waals surface area contributed by atoms with Crippen molar-refractivity contribution < 1.29 is 9.84 Å². The molecule has 0 saturated heterocycles. The molecule has 0 radical (unpaired) electrons. The van der Waals surface area contributed by atoms with E-state index in [1.165, 1.54) is 0 Å². The molecule has 4 heteroatoms. The Balaban J connectivity index is 2.06. The van der Waals surface area contributed by atoms with Gasteiger partial charge in [-0.1, -0.05) is 45.7 Å². The Kier molecular flexibility index (Phi) is 4.01. The van der Waals surface area contributed by atoms with Crippen LogP contribution >= 0.6 is 27.5 Å². The van der Waals surface area contributed by atoms with Crippen LogP contribution < -0.4 is 4.74 Å². The normalized spacial score (nSPS) is 15.3. The third kappa shape index (κ3) is 2.58. The molecule has 2 nitrogen and oxygen atoms in total. The van der Waals surface area contributed by atoms with Gasteiger partial charge in [0.25, 0.3) is 0 Å². The summed E-state index contributed by atoms with van der Waals surface area (Å²) in [5.74, 6) is 0.818. The average molecular weight is 354 g/mol. The van der Waals surface area contributed by atoms with Crippen LogP contribution in [0, 0.1) is 0 Å². The quantitative estimate of drug-likeness (QED) is 0.861. The van der Waals surface area contributed by atoms with Crippen molar-refractivity contribution in [3.63, 3.8) is 0 Å². The molecule has 0 saturated carbocycles. The van der Waals surface area contributed by atoms with Crippen LogP contribution in [0.3, 0.4) is 0 Å². The average Bonchev–Trinajstić information content (AvgIpc) is 2.48. The molecule has 1 N–H and O–H groups in total. The van der Waals surface area contributed by atoms with E-state index in [1.54, 1.807) is 12.1 Å². The number of hydrogen-bond acceptors (Lipinski definition) is 2. The number of benzene rings is 2. The maximum absolute atomic E-state index is 10.7. The Bertz CT molecular complexity index is 642. The van der Waals surface area contributed by atoms with Crippen LogP contribution in [-0.4, -0.2) is 11.7 Å². The molecule has 0 spiro atoms. The molecular formula is C16H14BrClO2. The van der Waals surface area contributed by atoms with E-state index in [0.29, 0.717) is 11.6 Å². The number of hydrogen-bond donors (Lipinski definition) is 1. The number of para-hydroxylation sites is 1. The summed E-state index contributed by atoms with van der Waals surface area (Å²) in [6, 6.07) is 11.3. The van der Waals surface area contributed by atoms with Crippen molar-refractivity contribution in [1.29, 1.82) is 0 Å². The molecule has 0 bridgehead atoms. The Morgan fingerprint density at radius 2 is 2.05 bits per heavy atom. The Morgan fingerprint density at radius 3 is 2.90 bits per heavy atom. The van der Waals surface area contributed by atoms with Crippen molar-refractivity contribution in [3.05, 3.63) is 62.6 Å². The zero-order chi connectivity index (χ0) is 14.1. The molecule has 0 amide bonds. The third-order valence-electron chi connectivity index (χ3n) is 3.51. The van der Waals surface area contributed by atoms with Crippen molar-refractivity contribution in [2.75, 3.05) is 6.61 Å². The van der Waals surface area contributed by atoms with E-state index in [4.69, 9.17) is 16.3 Å². The lowest BCUT2D eigenvalue weighted by molar-refractivity contribution is 0.206. The molecule has 0 aliphatic carbocycles. The number of halogens is 2. The number of aryl methyl sites for hydroxylation is 1. The molecule has 0 aromatic heterocycles. The highest BCUT2D eigenvalue weighted by atomic mass is 79.9. The number of ether oxygens (including phenoxy) is 1. The van der Waals surface area contributed by atoms with Gasteiger partial charge in [-0.2, -0.15) is 0 Å². The van der Waals surface area contributed by atoms with Gasteiger partial charge in [0.05, 0.1) is 6.61 Å². The molecule has 3 rings (SSSR count). The second-order valence-electron chi connectivity index (χ2n) is 4.86. The smallest absolute Gasteiger partial charge is 0.128 e. The molecule has 104 valence electrons. The van der Waals surface area contributed by atoms with Crippen molar-refractivity contribution in [2.24, 2.45) is 0 Å². The zero-order valence-electron chi connectivity index (χ0n) is 10.8. The molecule has 1 atom stereocenters. The van der Waals surface area contributed by atoms with Gasteiger partial charge in [0.1, 0.15) is 11.9 Å². The lowest BCUT2D eigenvalue weighted by Gasteiger charge is -2.23. The fourth-order valence-corrected chi connectivity index (χ4v) is 3.17. The lowest BCUT2D eigenvalue weighted by Crippen LogP contribution is -2.12. The highest BCUT2D eigenvalue weighted by Crippen LogP contribution is 2.38. The Hall–Kier alpha value is -1.03. The maximum atomic E-state index is 10.7. The number of aliphatic hydroxyl groups excluding tert-OH is 1. The summed E-state index contributed by atoms with van der Waals surface area (Å²) in [5, 5.41) is 11.3. The topological polar surface area (TPSA) is 29.5 Å². The summed E-state index contributed by atoms with van der Waals surface area (Å²) < 4.78 is 6.59. The van der Waals surface area contributed by atoms with Gasteiger partial charge < -0.3 is 9.84 Å². The molecule has 0 fully saturated rings. The van der Waals surface area contributed by atoms with Crippen LogP contribution in [0.15, 0.2) is 40.9 Å². The Morgan fingerprint density at radius 1 is 1.20 bits per heavy atom. The predicted octanol–water partition coefficient (Wildman–Crippen LogP) is 4.51. The van der Waals surface area contributed by atoms with Crippen molar-refractivity contribution >= 4 is 27.5 Å². The standard InChI is InChI=1S/C16H14BrClO2/c17-14-7-6-11(18)9-13(14)15(19)12-5-1-3-10-4-2-8-20-16(10)12/h1,3,5-7,9,15,19H,2,4,8H2. The largest absolute Gasteiger partial charge is 0.493 e. The minimum absolute atomic E-state index is 0.605. The van der Waals surface area contributed by atoms with Gasteiger partial charge in [-0.25, -0.2) is 0 Å². The molecule has 2 aromatic rings. The van der Waals surface area contributed by atoms with Gasteiger partial charge >= 0.3 is 0 Å². The number of aliphatic hydroxyl groups is 1. The van der Waals surface area contributed by atoms with E-state index in [9.17, 15) is 5.11 Å². The summed E-state index contributed by atoms with van der Waals surface area (Å²) in [7, 11) is 0. The molecular weight excluding hydrogens is 340 g/mol. The van der Waals surface area contributed by atoms with Crippen LogP contribution in [0.1, 0.15) is 29.2 Å². The van der Waals surface area contributed by atoms with Gasteiger partial charge in [0.2, 0.25) is 0 Å². The number of fused-ring (bicyclic) bond motifs is 1. The van der Waals surface area contributed by atoms with Gasteiger partial charge in [-0.05, 0) is 36.6 Å². The van der Waals surface area contributed by atoms with Crippen LogP contribution in [0.2, 0.25) is 5.02 Å². The third-order valence-corrected chi connectivity index (χ3v) is 4.47. The molecule has 1 heterocycles. The summed E-state index contributed by atoms with van der Waals surface area (Å²) in [5.41, 5.74) is 2.70. The van der Waals surface area contributed by atoms with E-state index in [-0.39, 0.29) is 0 Å². The van der Waals surface area contributed by atoms with Gasteiger partial charge in [0, 0.05) is 20.6 Å². The minimum Gasteiger partial charge on any atom is -0.493 e. The van der Waals surface area contributed by atoms with E-state index in [2.05, 4.69) is 22.0 Å². The first-order valence-corrected chi connectivity index (χ1v) is 7.71.